The lowest BCUT2D eigenvalue weighted by Gasteiger charge is -2.22. The van der Waals surface area contributed by atoms with E-state index in [0.717, 1.165) is 4.90 Å². The van der Waals surface area contributed by atoms with Crippen LogP contribution in [0.15, 0.2) is 29.2 Å². The summed E-state index contributed by atoms with van der Waals surface area (Å²) in [6.07, 6.45) is 0.861. The molecule has 3 amide bonds. The minimum Gasteiger partial charge on any atom is -0.454 e. The Kier molecular flexibility index (Phi) is 9.12. The van der Waals surface area contributed by atoms with Gasteiger partial charge in [-0.2, -0.15) is 4.31 Å². The van der Waals surface area contributed by atoms with Gasteiger partial charge in [0.1, 0.15) is 6.04 Å². The zero-order chi connectivity index (χ0) is 24.8. The van der Waals surface area contributed by atoms with Crippen LogP contribution in [-0.2, 0) is 29.1 Å². The SMILES string of the molecule is CCN(CC)S(=O)(=O)c1cccc(C(=O)N[C@H](C(=O)OCC(=O)N2CCCC2=O)C(C)C)c1. The highest BCUT2D eigenvalue weighted by molar-refractivity contribution is 7.89. The summed E-state index contributed by atoms with van der Waals surface area (Å²) in [5.41, 5.74) is 0.0698. The molecule has 0 unspecified atom stereocenters. The van der Waals surface area contributed by atoms with Gasteiger partial charge in [0.25, 0.3) is 11.8 Å². The molecule has 0 aromatic heterocycles. The second kappa shape index (κ2) is 11.4. The first-order valence-electron chi connectivity index (χ1n) is 10.9. The van der Waals surface area contributed by atoms with Crippen LogP contribution in [-0.4, -0.2) is 73.6 Å². The van der Waals surface area contributed by atoms with E-state index >= 15 is 0 Å². The van der Waals surface area contributed by atoms with E-state index in [9.17, 15) is 27.6 Å². The molecular formula is C22H31N3O7S. The molecule has 1 aliphatic heterocycles. The van der Waals surface area contributed by atoms with Crippen molar-refractivity contribution >= 4 is 33.7 Å². The number of benzene rings is 1. The molecule has 182 valence electrons. The summed E-state index contributed by atoms with van der Waals surface area (Å²) >= 11 is 0. The van der Waals surface area contributed by atoms with Crippen molar-refractivity contribution in [3.05, 3.63) is 29.8 Å². The predicted molar refractivity (Wildman–Crippen MR) is 120 cm³/mol. The lowest BCUT2D eigenvalue weighted by molar-refractivity contribution is -0.156. The van der Waals surface area contributed by atoms with Crippen molar-refractivity contribution in [2.75, 3.05) is 26.2 Å². The van der Waals surface area contributed by atoms with Gasteiger partial charge >= 0.3 is 5.97 Å². The quantitative estimate of drug-likeness (QED) is 0.496. The summed E-state index contributed by atoms with van der Waals surface area (Å²) in [4.78, 5) is 50.1. The molecule has 0 saturated carbocycles. The van der Waals surface area contributed by atoms with Gasteiger partial charge < -0.3 is 10.1 Å². The van der Waals surface area contributed by atoms with E-state index in [4.69, 9.17) is 4.74 Å². The summed E-state index contributed by atoms with van der Waals surface area (Å²) in [5, 5.41) is 2.56. The van der Waals surface area contributed by atoms with Gasteiger partial charge in [0.15, 0.2) is 6.61 Å². The second-order valence-corrected chi connectivity index (χ2v) is 9.90. The number of nitrogens with zero attached hydrogens (tertiary/aromatic N) is 2. The number of hydrogen-bond donors (Lipinski definition) is 1. The van der Waals surface area contributed by atoms with Crippen molar-refractivity contribution in [2.45, 2.75) is 51.5 Å². The van der Waals surface area contributed by atoms with Crippen molar-refractivity contribution in [1.29, 1.82) is 0 Å². The zero-order valence-electron chi connectivity index (χ0n) is 19.4. The van der Waals surface area contributed by atoms with E-state index in [1.165, 1.54) is 28.6 Å². The summed E-state index contributed by atoms with van der Waals surface area (Å²) in [6.45, 7) is 7.12. The number of imide groups is 1. The number of esters is 1. The van der Waals surface area contributed by atoms with E-state index in [2.05, 4.69) is 5.32 Å². The Balaban J connectivity index is 2.10. The molecule has 1 fully saturated rings. The van der Waals surface area contributed by atoms with Gasteiger partial charge in [-0.3, -0.25) is 19.3 Å². The van der Waals surface area contributed by atoms with Crippen molar-refractivity contribution < 1.29 is 32.3 Å². The number of likely N-dealkylation sites (tertiary alicyclic amines) is 1. The number of nitrogens with one attached hydrogen (secondary N) is 1. The van der Waals surface area contributed by atoms with Gasteiger partial charge in [-0.15, -0.1) is 0 Å². The highest BCUT2D eigenvalue weighted by atomic mass is 32.2. The molecule has 1 heterocycles. The average molecular weight is 482 g/mol. The normalized spacial score (nSPS) is 15.1. The average Bonchev–Trinajstić information content (AvgIpc) is 3.21. The van der Waals surface area contributed by atoms with Crippen LogP contribution < -0.4 is 5.32 Å². The molecule has 1 saturated heterocycles. The van der Waals surface area contributed by atoms with Gasteiger partial charge in [0, 0.05) is 31.6 Å². The standard InChI is InChI=1S/C22H31N3O7S/c1-5-24(6-2)33(30,31)17-10-7-9-16(13-17)21(28)23-20(15(3)4)22(29)32-14-19(27)25-12-8-11-18(25)26/h7,9-10,13,15,20H,5-6,8,11-12,14H2,1-4H3,(H,23,28)/t20-/m0/s1. The predicted octanol–water partition coefficient (Wildman–Crippen LogP) is 1.16. The minimum absolute atomic E-state index is 0.0246. The molecule has 0 radical (unpaired) electrons. The third kappa shape index (κ3) is 6.38. The molecule has 1 aliphatic rings. The van der Waals surface area contributed by atoms with Crippen LogP contribution in [0.4, 0.5) is 0 Å². The molecule has 1 N–H and O–H groups in total. The third-order valence-corrected chi connectivity index (χ3v) is 7.40. The third-order valence-electron chi connectivity index (χ3n) is 5.36. The Bertz CT molecular complexity index is 1000. The lowest BCUT2D eigenvalue weighted by atomic mass is 10.0. The molecule has 1 aromatic carbocycles. The second-order valence-electron chi connectivity index (χ2n) is 7.96. The molecule has 0 spiro atoms. The van der Waals surface area contributed by atoms with Crippen molar-refractivity contribution in [3.63, 3.8) is 0 Å². The highest BCUT2D eigenvalue weighted by Gasteiger charge is 2.30. The molecule has 2 rings (SSSR count). The Morgan fingerprint density at radius 2 is 1.85 bits per heavy atom. The maximum atomic E-state index is 12.8. The fourth-order valence-electron chi connectivity index (χ4n) is 3.45. The maximum absolute atomic E-state index is 12.8. The van der Waals surface area contributed by atoms with Crippen LogP contribution in [0.1, 0.15) is 50.9 Å². The van der Waals surface area contributed by atoms with Gasteiger partial charge in [-0.05, 0) is 30.5 Å². The van der Waals surface area contributed by atoms with E-state index in [-0.39, 0.29) is 41.8 Å². The molecule has 0 aliphatic carbocycles. The number of carbonyl (C=O) groups excluding carboxylic acids is 4. The van der Waals surface area contributed by atoms with Crippen LogP contribution in [0.5, 0.6) is 0 Å². The van der Waals surface area contributed by atoms with Crippen LogP contribution in [0.25, 0.3) is 0 Å². The molecule has 10 nitrogen and oxygen atoms in total. The number of carbonyl (C=O) groups is 4. The summed E-state index contributed by atoms with van der Waals surface area (Å²) in [6, 6.07) is 4.50. The molecule has 0 bridgehead atoms. The molecule has 11 heteroatoms. The topological polar surface area (TPSA) is 130 Å². The van der Waals surface area contributed by atoms with Crippen LogP contribution >= 0.6 is 0 Å². The number of hydrogen-bond acceptors (Lipinski definition) is 7. The first kappa shape index (κ1) is 26.5. The van der Waals surface area contributed by atoms with Gasteiger partial charge in [0.05, 0.1) is 4.90 Å². The van der Waals surface area contributed by atoms with Gasteiger partial charge in [-0.25, -0.2) is 13.2 Å². The Morgan fingerprint density at radius 1 is 1.18 bits per heavy atom. The number of rotatable bonds is 10. The Morgan fingerprint density at radius 3 is 2.39 bits per heavy atom. The Hall–Kier alpha value is -2.79. The summed E-state index contributed by atoms with van der Waals surface area (Å²) in [5.74, 6) is -2.74. The van der Waals surface area contributed by atoms with Crippen LogP contribution in [0.2, 0.25) is 0 Å². The van der Waals surface area contributed by atoms with Crippen LogP contribution in [0.3, 0.4) is 0 Å². The summed E-state index contributed by atoms with van der Waals surface area (Å²) < 4.78 is 31.8. The largest absolute Gasteiger partial charge is 0.454 e. The molecule has 1 atom stereocenters. The number of amides is 3. The highest BCUT2D eigenvalue weighted by Crippen LogP contribution is 2.18. The van der Waals surface area contributed by atoms with E-state index in [0.29, 0.717) is 13.0 Å². The van der Waals surface area contributed by atoms with E-state index in [1.54, 1.807) is 27.7 Å². The fraction of sp³-hybridized carbons (Fsp3) is 0.545. The van der Waals surface area contributed by atoms with E-state index < -0.39 is 40.5 Å². The Labute approximate surface area is 194 Å². The lowest BCUT2D eigenvalue weighted by Crippen LogP contribution is -2.46. The number of ether oxygens (including phenoxy) is 1. The minimum atomic E-state index is -3.76. The smallest absolute Gasteiger partial charge is 0.329 e. The van der Waals surface area contributed by atoms with Gasteiger partial charge in [0.2, 0.25) is 15.9 Å². The fourth-order valence-corrected chi connectivity index (χ4v) is 4.95. The van der Waals surface area contributed by atoms with Crippen molar-refractivity contribution in [3.8, 4) is 0 Å². The van der Waals surface area contributed by atoms with Crippen LogP contribution in [0, 0.1) is 5.92 Å². The number of sulfonamides is 1. The van der Waals surface area contributed by atoms with Gasteiger partial charge in [-0.1, -0.05) is 33.8 Å². The molecular weight excluding hydrogens is 450 g/mol. The van der Waals surface area contributed by atoms with E-state index in [1.807, 2.05) is 0 Å². The first-order valence-corrected chi connectivity index (χ1v) is 12.4. The van der Waals surface area contributed by atoms with Crippen molar-refractivity contribution in [2.24, 2.45) is 5.92 Å². The van der Waals surface area contributed by atoms with Crippen molar-refractivity contribution in [1.82, 2.24) is 14.5 Å². The maximum Gasteiger partial charge on any atom is 0.329 e. The monoisotopic (exact) mass is 481 g/mol. The summed E-state index contributed by atoms with van der Waals surface area (Å²) in [7, 11) is -3.76. The molecule has 1 aromatic rings. The molecule has 33 heavy (non-hydrogen) atoms. The first-order chi connectivity index (χ1) is 15.5. The zero-order valence-corrected chi connectivity index (χ0v) is 20.2.